The largest absolute Gasteiger partial charge is 0.324 e. The van der Waals surface area contributed by atoms with Crippen LogP contribution in [0.15, 0.2) is 40.9 Å². The molecule has 0 aliphatic heterocycles. The second-order valence-corrected chi connectivity index (χ2v) is 5.94. The van der Waals surface area contributed by atoms with E-state index >= 15 is 0 Å². The van der Waals surface area contributed by atoms with Crippen molar-refractivity contribution in [1.82, 2.24) is 0 Å². The SMILES string of the molecule is NC(Cc1ccc(Cl)cc1F)c1ccc(Cl)cc1Br. The van der Waals surface area contributed by atoms with Gasteiger partial charge in [0.05, 0.1) is 0 Å². The first-order valence-corrected chi connectivity index (χ1v) is 7.16. The highest BCUT2D eigenvalue weighted by Crippen LogP contribution is 2.28. The van der Waals surface area contributed by atoms with Gasteiger partial charge in [-0.15, -0.1) is 0 Å². The van der Waals surface area contributed by atoms with E-state index in [0.717, 1.165) is 10.0 Å². The van der Waals surface area contributed by atoms with Gasteiger partial charge in [0.1, 0.15) is 5.82 Å². The zero-order valence-electron chi connectivity index (χ0n) is 9.84. The van der Waals surface area contributed by atoms with Gasteiger partial charge in [0.25, 0.3) is 0 Å². The highest BCUT2D eigenvalue weighted by Gasteiger charge is 2.13. The van der Waals surface area contributed by atoms with E-state index in [0.29, 0.717) is 22.0 Å². The molecule has 2 rings (SSSR count). The third kappa shape index (κ3) is 3.69. The fraction of sp³-hybridized carbons (Fsp3) is 0.143. The van der Waals surface area contributed by atoms with Crippen molar-refractivity contribution < 1.29 is 4.39 Å². The van der Waals surface area contributed by atoms with Crippen LogP contribution < -0.4 is 5.73 Å². The van der Waals surface area contributed by atoms with Crippen LogP contribution in [0.1, 0.15) is 17.2 Å². The van der Waals surface area contributed by atoms with E-state index in [2.05, 4.69) is 15.9 Å². The van der Waals surface area contributed by atoms with E-state index in [4.69, 9.17) is 28.9 Å². The molecule has 1 atom stereocenters. The molecule has 2 N–H and O–H groups in total. The molecule has 0 amide bonds. The summed E-state index contributed by atoms with van der Waals surface area (Å²) in [7, 11) is 0. The lowest BCUT2D eigenvalue weighted by molar-refractivity contribution is 0.593. The lowest BCUT2D eigenvalue weighted by Gasteiger charge is -2.15. The third-order valence-electron chi connectivity index (χ3n) is 2.82. The van der Waals surface area contributed by atoms with Crippen LogP contribution in [-0.2, 0) is 6.42 Å². The summed E-state index contributed by atoms with van der Waals surface area (Å²) < 4.78 is 14.5. The van der Waals surface area contributed by atoms with Crippen molar-refractivity contribution in [2.75, 3.05) is 0 Å². The monoisotopic (exact) mass is 361 g/mol. The van der Waals surface area contributed by atoms with Crippen molar-refractivity contribution in [3.63, 3.8) is 0 Å². The second kappa shape index (κ2) is 6.23. The Hall–Kier alpha value is -0.610. The summed E-state index contributed by atoms with van der Waals surface area (Å²) in [5.74, 6) is -0.340. The molecule has 0 fully saturated rings. The molecule has 0 saturated carbocycles. The van der Waals surface area contributed by atoms with Crippen molar-refractivity contribution in [3.05, 3.63) is 67.9 Å². The normalized spacial score (nSPS) is 12.5. The fourth-order valence-electron chi connectivity index (χ4n) is 1.84. The number of benzene rings is 2. The topological polar surface area (TPSA) is 26.0 Å². The number of hydrogen-bond acceptors (Lipinski definition) is 1. The fourth-order valence-corrected chi connectivity index (χ4v) is 2.97. The minimum Gasteiger partial charge on any atom is -0.324 e. The standard InChI is InChI=1S/C14H11BrCl2FN/c15-12-6-9(16)3-4-11(12)14(19)5-8-1-2-10(17)7-13(8)18/h1-4,6-7,14H,5,19H2. The lowest BCUT2D eigenvalue weighted by Crippen LogP contribution is -2.14. The minimum atomic E-state index is -0.340. The molecule has 1 unspecified atom stereocenters. The van der Waals surface area contributed by atoms with Gasteiger partial charge >= 0.3 is 0 Å². The van der Waals surface area contributed by atoms with Crippen molar-refractivity contribution in [3.8, 4) is 0 Å². The summed E-state index contributed by atoms with van der Waals surface area (Å²) >= 11 is 15.0. The predicted octanol–water partition coefficient (Wildman–Crippen LogP) is 5.14. The van der Waals surface area contributed by atoms with Crippen molar-refractivity contribution >= 4 is 39.1 Å². The van der Waals surface area contributed by atoms with Gasteiger partial charge in [-0.25, -0.2) is 4.39 Å². The molecule has 0 aromatic heterocycles. The molecule has 0 radical (unpaired) electrons. The average Bonchev–Trinajstić information content (AvgIpc) is 2.32. The number of rotatable bonds is 3. The summed E-state index contributed by atoms with van der Waals surface area (Å²) in [5.41, 5.74) is 7.54. The van der Waals surface area contributed by atoms with E-state index in [1.807, 2.05) is 6.07 Å². The Labute approximate surface area is 129 Å². The van der Waals surface area contributed by atoms with Gasteiger partial charge in [0.2, 0.25) is 0 Å². The Morgan fingerprint density at radius 2 is 1.74 bits per heavy atom. The highest BCUT2D eigenvalue weighted by atomic mass is 79.9. The van der Waals surface area contributed by atoms with Gasteiger partial charge in [-0.1, -0.05) is 51.3 Å². The molecule has 0 spiro atoms. The second-order valence-electron chi connectivity index (χ2n) is 4.21. The Bertz CT molecular complexity index is 604. The van der Waals surface area contributed by atoms with Crippen LogP contribution in [-0.4, -0.2) is 0 Å². The molecule has 0 saturated heterocycles. The van der Waals surface area contributed by atoms with E-state index in [1.54, 1.807) is 24.3 Å². The van der Waals surface area contributed by atoms with Crippen LogP contribution in [0.5, 0.6) is 0 Å². The number of hydrogen-bond donors (Lipinski definition) is 1. The predicted molar refractivity (Wildman–Crippen MR) is 81.2 cm³/mol. The molecule has 1 nitrogen and oxygen atoms in total. The van der Waals surface area contributed by atoms with Gasteiger partial charge < -0.3 is 5.73 Å². The zero-order valence-corrected chi connectivity index (χ0v) is 12.9. The van der Waals surface area contributed by atoms with E-state index < -0.39 is 0 Å². The minimum absolute atomic E-state index is 0.317. The molecule has 0 aliphatic rings. The summed E-state index contributed by atoms with van der Waals surface area (Å²) in [4.78, 5) is 0. The van der Waals surface area contributed by atoms with Gasteiger partial charge in [0.15, 0.2) is 0 Å². The number of nitrogens with two attached hydrogens (primary N) is 1. The Morgan fingerprint density at radius 1 is 1.11 bits per heavy atom. The molecule has 5 heteroatoms. The van der Waals surface area contributed by atoms with Crippen molar-refractivity contribution in [2.45, 2.75) is 12.5 Å². The summed E-state index contributed by atoms with van der Waals surface area (Å²) in [6.45, 7) is 0. The van der Waals surface area contributed by atoms with Crippen LogP contribution in [0.2, 0.25) is 10.0 Å². The maximum Gasteiger partial charge on any atom is 0.127 e. The first-order chi connectivity index (χ1) is 8.97. The average molecular weight is 363 g/mol. The third-order valence-corrected chi connectivity index (χ3v) is 3.97. The highest BCUT2D eigenvalue weighted by molar-refractivity contribution is 9.10. The molecule has 19 heavy (non-hydrogen) atoms. The van der Waals surface area contributed by atoms with Crippen LogP contribution in [0, 0.1) is 5.82 Å². The van der Waals surface area contributed by atoms with Gasteiger partial charge in [0, 0.05) is 20.6 Å². The molecular weight excluding hydrogens is 352 g/mol. The maximum absolute atomic E-state index is 13.7. The van der Waals surface area contributed by atoms with Crippen molar-refractivity contribution in [1.29, 1.82) is 0 Å². The van der Waals surface area contributed by atoms with Crippen molar-refractivity contribution in [2.24, 2.45) is 5.73 Å². The zero-order chi connectivity index (χ0) is 14.0. The Balaban J connectivity index is 2.23. The molecule has 0 aliphatic carbocycles. The van der Waals surface area contributed by atoms with Crippen LogP contribution >= 0.6 is 39.1 Å². The Kier molecular flexibility index (Phi) is 4.85. The maximum atomic E-state index is 13.7. The van der Waals surface area contributed by atoms with Gasteiger partial charge in [-0.2, -0.15) is 0 Å². The van der Waals surface area contributed by atoms with E-state index in [9.17, 15) is 4.39 Å². The smallest absolute Gasteiger partial charge is 0.127 e. The molecule has 2 aromatic rings. The van der Waals surface area contributed by atoms with E-state index in [-0.39, 0.29) is 11.9 Å². The van der Waals surface area contributed by atoms with Crippen LogP contribution in [0.4, 0.5) is 4.39 Å². The van der Waals surface area contributed by atoms with Gasteiger partial charge in [-0.05, 0) is 41.8 Å². The molecule has 100 valence electrons. The molecule has 2 aromatic carbocycles. The number of halogens is 4. The molecular formula is C14H11BrCl2FN. The van der Waals surface area contributed by atoms with Gasteiger partial charge in [-0.3, -0.25) is 0 Å². The molecule has 0 bridgehead atoms. The summed E-state index contributed by atoms with van der Waals surface area (Å²) in [5, 5.41) is 1.00. The first-order valence-electron chi connectivity index (χ1n) is 5.62. The quantitative estimate of drug-likeness (QED) is 0.803. The lowest BCUT2D eigenvalue weighted by atomic mass is 9.99. The molecule has 0 heterocycles. The van der Waals surface area contributed by atoms with Crippen LogP contribution in [0.3, 0.4) is 0 Å². The van der Waals surface area contributed by atoms with Crippen LogP contribution in [0.25, 0.3) is 0 Å². The Morgan fingerprint density at radius 3 is 2.37 bits per heavy atom. The van der Waals surface area contributed by atoms with E-state index in [1.165, 1.54) is 6.07 Å². The summed E-state index contributed by atoms with van der Waals surface area (Å²) in [6, 6.07) is 9.66. The first kappa shape index (κ1) is 14.8. The summed E-state index contributed by atoms with van der Waals surface area (Å²) in [6.07, 6.45) is 0.392.